The number of anilines is 1. The van der Waals surface area contributed by atoms with Crippen LogP contribution >= 0.6 is 11.3 Å². The maximum Gasteiger partial charge on any atom is 0.234 e. The highest BCUT2D eigenvalue weighted by atomic mass is 32.2. The Bertz CT molecular complexity index is 400. The van der Waals surface area contributed by atoms with E-state index < -0.39 is 10.0 Å². The number of unbranched alkanes of at least 4 members (excludes halogenated alkanes) is 1. The van der Waals surface area contributed by atoms with E-state index in [4.69, 9.17) is 5.73 Å². The SMILES string of the molecule is CCCCS(=O)(=O)Nc1nc(CN)cs1. The topological polar surface area (TPSA) is 85.1 Å². The molecule has 0 aliphatic carbocycles. The molecule has 86 valence electrons. The number of aromatic nitrogens is 1. The number of hydrogen-bond donors (Lipinski definition) is 2. The molecule has 0 bridgehead atoms. The lowest BCUT2D eigenvalue weighted by Gasteiger charge is -2.03. The van der Waals surface area contributed by atoms with Crippen molar-refractivity contribution in [1.82, 2.24) is 4.98 Å². The highest BCUT2D eigenvalue weighted by molar-refractivity contribution is 7.92. The molecule has 1 heterocycles. The van der Waals surface area contributed by atoms with Crippen molar-refractivity contribution in [3.05, 3.63) is 11.1 Å². The fraction of sp³-hybridized carbons (Fsp3) is 0.625. The summed E-state index contributed by atoms with van der Waals surface area (Å²) in [5, 5.41) is 2.14. The second kappa shape index (κ2) is 5.43. The van der Waals surface area contributed by atoms with Crippen LogP contribution in [0.4, 0.5) is 5.13 Å². The summed E-state index contributed by atoms with van der Waals surface area (Å²) in [7, 11) is -3.23. The fourth-order valence-electron chi connectivity index (χ4n) is 0.966. The number of hydrogen-bond acceptors (Lipinski definition) is 5. The lowest BCUT2D eigenvalue weighted by Crippen LogP contribution is -2.16. The standard InChI is InChI=1S/C8H15N3O2S2/c1-2-3-4-15(12,13)11-8-10-7(5-9)6-14-8/h6H,2-5,9H2,1H3,(H,10,11). The van der Waals surface area contributed by atoms with Gasteiger partial charge in [0, 0.05) is 11.9 Å². The summed E-state index contributed by atoms with van der Waals surface area (Å²) in [6.07, 6.45) is 1.51. The molecule has 0 aliphatic rings. The lowest BCUT2D eigenvalue weighted by molar-refractivity contribution is 0.598. The van der Waals surface area contributed by atoms with Crippen LogP contribution in [-0.4, -0.2) is 19.2 Å². The first kappa shape index (κ1) is 12.4. The van der Waals surface area contributed by atoms with Gasteiger partial charge in [0.25, 0.3) is 0 Å². The normalized spacial score (nSPS) is 11.6. The van der Waals surface area contributed by atoms with Crippen LogP contribution < -0.4 is 10.5 Å². The van der Waals surface area contributed by atoms with Crippen LogP contribution in [0.5, 0.6) is 0 Å². The van der Waals surface area contributed by atoms with E-state index in [1.807, 2.05) is 6.92 Å². The van der Waals surface area contributed by atoms with Gasteiger partial charge in [0.15, 0.2) is 5.13 Å². The largest absolute Gasteiger partial charge is 0.325 e. The van der Waals surface area contributed by atoms with E-state index in [1.54, 1.807) is 5.38 Å². The zero-order valence-electron chi connectivity index (χ0n) is 8.56. The van der Waals surface area contributed by atoms with Crippen molar-refractivity contribution < 1.29 is 8.42 Å². The van der Waals surface area contributed by atoms with Gasteiger partial charge in [-0.15, -0.1) is 11.3 Å². The molecule has 1 aromatic heterocycles. The van der Waals surface area contributed by atoms with E-state index in [1.165, 1.54) is 11.3 Å². The summed E-state index contributed by atoms with van der Waals surface area (Å²) in [5.74, 6) is 0.140. The number of nitrogens with two attached hydrogens (primary N) is 1. The van der Waals surface area contributed by atoms with Crippen LogP contribution in [0.3, 0.4) is 0 Å². The van der Waals surface area contributed by atoms with Crippen LogP contribution in [0.2, 0.25) is 0 Å². The molecule has 1 aromatic rings. The number of nitrogens with one attached hydrogen (secondary N) is 1. The van der Waals surface area contributed by atoms with Crippen LogP contribution in [0.1, 0.15) is 25.5 Å². The molecule has 0 spiro atoms. The maximum atomic E-state index is 11.5. The minimum Gasteiger partial charge on any atom is -0.325 e. The minimum atomic E-state index is -3.23. The van der Waals surface area contributed by atoms with Crippen LogP contribution in [0, 0.1) is 0 Å². The predicted molar refractivity (Wildman–Crippen MR) is 62.3 cm³/mol. The van der Waals surface area contributed by atoms with Gasteiger partial charge in [-0.25, -0.2) is 13.4 Å². The Kier molecular flexibility index (Phi) is 4.49. The van der Waals surface area contributed by atoms with E-state index >= 15 is 0 Å². The van der Waals surface area contributed by atoms with Gasteiger partial charge in [0.05, 0.1) is 11.4 Å². The van der Waals surface area contributed by atoms with Crippen LogP contribution in [-0.2, 0) is 16.6 Å². The second-order valence-electron chi connectivity index (χ2n) is 3.12. The molecule has 0 unspecified atom stereocenters. The molecule has 0 saturated heterocycles. The minimum absolute atomic E-state index is 0.140. The first-order valence-corrected chi connectivity index (χ1v) is 7.25. The molecule has 0 aliphatic heterocycles. The Balaban J connectivity index is 2.60. The third kappa shape index (κ3) is 4.15. The fourth-order valence-corrected chi connectivity index (χ4v) is 3.19. The van der Waals surface area contributed by atoms with Gasteiger partial charge in [-0.05, 0) is 6.42 Å². The Morgan fingerprint density at radius 1 is 1.60 bits per heavy atom. The number of nitrogens with zero attached hydrogens (tertiary/aromatic N) is 1. The zero-order valence-corrected chi connectivity index (χ0v) is 10.2. The summed E-state index contributed by atoms with van der Waals surface area (Å²) in [6, 6.07) is 0. The van der Waals surface area contributed by atoms with Gasteiger partial charge in [-0.2, -0.15) is 0 Å². The van der Waals surface area contributed by atoms with E-state index in [0.717, 1.165) is 6.42 Å². The molecule has 0 amide bonds. The Morgan fingerprint density at radius 2 is 2.33 bits per heavy atom. The summed E-state index contributed by atoms with van der Waals surface area (Å²) in [4.78, 5) is 4.03. The highest BCUT2D eigenvalue weighted by Gasteiger charge is 2.11. The maximum absolute atomic E-state index is 11.5. The van der Waals surface area contributed by atoms with Gasteiger partial charge in [0.2, 0.25) is 10.0 Å². The Morgan fingerprint density at radius 3 is 2.87 bits per heavy atom. The first-order chi connectivity index (χ1) is 7.07. The molecule has 7 heteroatoms. The molecule has 15 heavy (non-hydrogen) atoms. The monoisotopic (exact) mass is 249 g/mol. The van der Waals surface area contributed by atoms with Gasteiger partial charge in [-0.1, -0.05) is 13.3 Å². The van der Waals surface area contributed by atoms with E-state index in [9.17, 15) is 8.42 Å². The predicted octanol–water partition coefficient (Wildman–Crippen LogP) is 1.14. The van der Waals surface area contributed by atoms with Gasteiger partial charge in [0.1, 0.15) is 0 Å². The summed E-state index contributed by atoms with van der Waals surface area (Å²) < 4.78 is 25.4. The van der Waals surface area contributed by atoms with E-state index in [2.05, 4.69) is 9.71 Å². The van der Waals surface area contributed by atoms with E-state index in [-0.39, 0.29) is 5.75 Å². The van der Waals surface area contributed by atoms with Gasteiger partial charge >= 0.3 is 0 Å². The Labute approximate surface area is 93.8 Å². The van der Waals surface area contributed by atoms with E-state index in [0.29, 0.717) is 23.8 Å². The molecule has 0 radical (unpaired) electrons. The molecule has 0 atom stereocenters. The molecular formula is C8H15N3O2S2. The molecule has 1 rings (SSSR count). The molecule has 3 N–H and O–H groups in total. The number of sulfonamides is 1. The van der Waals surface area contributed by atoms with Gasteiger partial charge in [-0.3, -0.25) is 4.72 Å². The van der Waals surface area contributed by atoms with Crippen molar-refractivity contribution in [3.8, 4) is 0 Å². The molecule has 0 saturated carbocycles. The average molecular weight is 249 g/mol. The second-order valence-corrected chi connectivity index (χ2v) is 5.82. The molecular weight excluding hydrogens is 234 g/mol. The van der Waals surface area contributed by atoms with Crippen molar-refractivity contribution in [2.45, 2.75) is 26.3 Å². The third-order valence-electron chi connectivity index (χ3n) is 1.77. The van der Waals surface area contributed by atoms with Gasteiger partial charge < -0.3 is 5.73 Å². The summed E-state index contributed by atoms with van der Waals surface area (Å²) in [6.45, 7) is 2.28. The van der Waals surface area contributed by atoms with Crippen molar-refractivity contribution in [2.24, 2.45) is 5.73 Å². The summed E-state index contributed by atoms with van der Waals surface area (Å²) in [5.41, 5.74) is 6.08. The smallest absolute Gasteiger partial charge is 0.234 e. The Hall–Kier alpha value is -0.660. The molecule has 0 fully saturated rings. The zero-order chi connectivity index (χ0) is 11.3. The molecule has 5 nitrogen and oxygen atoms in total. The van der Waals surface area contributed by atoms with Crippen molar-refractivity contribution in [1.29, 1.82) is 0 Å². The summed E-state index contributed by atoms with van der Waals surface area (Å²) >= 11 is 1.25. The molecule has 0 aromatic carbocycles. The van der Waals surface area contributed by atoms with Crippen molar-refractivity contribution in [2.75, 3.05) is 10.5 Å². The first-order valence-electron chi connectivity index (χ1n) is 4.72. The van der Waals surface area contributed by atoms with Crippen LogP contribution in [0.25, 0.3) is 0 Å². The van der Waals surface area contributed by atoms with Crippen LogP contribution in [0.15, 0.2) is 5.38 Å². The highest BCUT2D eigenvalue weighted by Crippen LogP contribution is 2.16. The van der Waals surface area contributed by atoms with Crippen molar-refractivity contribution in [3.63, 3.8) is 0 Å². The van der Waals surface area contributed by atoms with Crippen molar-refractivity contribution >= 4 is 26.5 Å². The number of rotatable bonds is 6. The quantitative estimate of drug-likeness (QED) is 0.791. The lowest BCUT2D eigenvalue weighted by atomic mass is 10.4. The third-order valence-corrected chi connectivity index (χ3v) is 4.04. The number of thiazole rings is 1. The average Bonchev–Trinajstić information content (AvgIpc) is 2.62.